The molecule has 2 saturated heterocycles. The second-order valence-corrected chi connectivity index (χ2v) is 9.30. The Kier molecular flexibility index (Phi) is 5.26. The number of nitrogens with zero attached hydrogens (tertiary/aromatic N) is 5. The second kappa shape index (κ2) is 8.44. The van der Waals surface area contributed by atoms with Gasteiger partial charge in [0.05, 0.1) is 25.5 Å². The van der Waals surface area contributed by atoms with Gasteiger partial charge in [-0.3, -0.25) is 9.50 Å². The summed E-state index contributed by atoms with van der Waals surface area (Å²) in [7, 11) is 0. The zero-order chi connectivity index (χ0) is 23.1. The van der Waals surface area contributed by atoms with E-state index >= 15 is 0 Å². The highest BCUT2D eigenvalue weighted by Gasteiger charge is 2.40. The van der Waals surface area contributed by atoms with Gasteiger partial charge in [-0.25, -0.2) is 9.78 Å². The minimum Gasteiger partial charge on any atom is -0.444 e. The molecule has 3 N–H and O–H groups in total. The van der Waals surface area contributed by atoms with Gasteiger partial charge in [0.2, 0.25) is 5.95 Å². The van der Waals surface area contributed by atoms with Crippen LogP contribution in [0.25, 0.3) is 5.65 Å². The molecule has 34 heavy (non-hydrogen) atoms. The van der Waals surface area contributed by atoms with E-state index in [0.29, 0.717) is 38.0 Å². The van der Waals surface area contributed by atoms with Crippen molar-refractivity contribution in [1.82, 2.24) is 29.9 Å². The van der Waals surface area contributed by atoms with Crippen LogP contribution in [-0.2, 0) is 14.2 Å². The highest BCUT2D eigenvalue weighted by molar-refractivity contribution is 5.69. The summed E-state index contributed by atoms with van der Waals surface area (Å²) < 4.78 is 18.7. The molecule has 2 unspecified atom stereocenters. The number of morpholine rings is 1. The van der Waals surface area contributed by atoms with Crippen molar-refractivity contribution in [2.24, 2.45) is 0 Å². The predicted molar refractivity (Wildman–Crippen MR) is 122 cm³/mol. The number of aromatic nitrogens is 5. The molecule has 0 radical (unpaired) electrons. The highest BCUT2D eigenvalue weighted by atomic mass is 16.6. The van der Waals surface area contributed by atoms with E-state index in [4.69, 9.17) is 19.2 Å². The number of imidazole rings is 1. The van der Waals surface area contributed by atoms with Crippen molar-refractivity contribution in [3.63, 3.8) is 0 Å². The summed E-state index contributed by atoms with van der Waals surface area (Å²) in [5.74, 6) is 2.08. The van der Waals surface area contributed by atoms with Crippen LogP contribution >= 0.6 is 0 Å². The van der Waals surface area contributed by atoms with Gasteiger partial charge in [-0.05, 0) is 19.8 Å². The Balaban J connectivity index is 1.13. The number of rotatable bonds is 6. The summed E-state index contributed by atoms with van der Waals surface area (Å²) in [4.78, 5) is 23.5. The Morgan fingerprint density at radius 2 is 2.15 bits per heavy atom. The van der Waals surface area contributed by atoms with E-state index in [9.17, 15) is 4.79 Å². The van der Waals surface area contributed by atoms with Gasteiger partial charge in [0.15, 0.2) is 5.82 Å². The van der Waals surface area contributed by atoms with Crippen LogP contribution in [0.3, 0.4) is 0 Å². The predicted octanol–water partition coefficient (Wildman–Crippen LogP) is 2.14. The minimum atomic E-state index is -0.378. The summed E-state index contributed by atoms with van der Waals surface area (Å²) in [5, 5.41) is 13.6. The maximum atomic E-state index is 12.1. The first kappa shape index (κ1) is 21.2. The average molecular weight is 469 g/mol. The van der Waals surface area contributed by atoms with Crippen molar-refractivity contribution >= 4 is 29.3 Å². The lowest BCUT2D eigenvalue weighted by atomic mass is 10.1. The summed E-state index contributed by atoms with van der Waals surface area (Å²) in [6.07, 6.45) is 5.27. The average Bonchev–Trinajstić information content (AvgIpc) is 3.28. The molecule has 1 aliphatic carbocycles. The molecule has 2 aliphatic heterocycles. The molecule has 1 saturated carbocycles. The molecule has 0 spiro atoms. The van der Waals surface area contributed by atoms with Crippen LogP contribution in [0.1, 0.15) is 38.0 Å². The number of carbonyl (C=O) groups is 1. The van der Waals surface area contributed by atoms with Crippen LogP contribution in [-0.4, -0.2) is 75.2 Å². The molecule has 0 aromatic carbocycles. The molecule has 3 aromatic heterocycles. The topological polar surface area (TPSA) is 131 Å². The molecule has 180 valence electrons. The number of amides is 1. The van der Waals surface area contributed by atoms with Gasteiger partial charge >= 0.3 is 6.09 Å². The van der Waals surface area contributed by atoms with Crippen LogP contribution in [0, 0.1) is 0 Å². The van der Waals surface area contributed by atoms with Gasteiger partial charge in [0.25, 0.3) is 0 Å². The first-order chi connectivity index (χ1) is 16.5. The highest BCUT2D eigenvalue weighted by Crippen LogP contribution is 2.35. The van der Waals surface area contributed by atoms with E-state index in [1.807, 2.05) is 29.7 Å². The van der Waals surface area contributed by atoms with Crippen molar-refractivity contribution in [3.05, 3.63) is 30.2 Å². The largest absolute Gasteiger partial charge is 0.444 e. The fraction of sp³-hybridized carbons (Fsp3) is 0.545. The fourth-order valence-electron chi connectivity index (χ4n) is 4.27. The third-order valence-electron chi connectivity index (χ3n) is 6.53. The number of ether oxygens (including phenoxy) is 3. The lowest BCUT2D eigenvalue weighted by Gasteiger charge is -2.28. The number of carbonyl (C=O) groups excluding carboxylic acids is 1. The number of fused-ring (bicyclic) bond motifs is 1. The third-order valence-corrected chi connectivity index (χ3v) is 6.53. The number of hydrogen-bond donors (Lipinski definition) is 3. The summed E-state index contributed by atoms with van der Waals surface area (Å²) >= 11 is 0. The molecule has 12 nitrogen and oxygen atoms in total. The van der Waals surface area contributed by atoms with Crippen molar-refractivity contribution in [1.29, 1.82) is 0 Å². The standard InChI is InChI=1S/C22H28N8O4/c1-22(2-3-22)26-21(31)34-14-10-16(33-13-14)15-11-17(28-27-15)24-20-25-19(29-6-8-32-9-7-29)12-18-23-4-5-30(18)20/h4-5,11-12,14,16H,2-3,6-10,13H2,1H3,(H,26,31)(H2,24,25,27,28). The molecular formula is C22H28N8O4. The molecule has 5 heterocycles. The fourth-order valence-corrected chi connectivity index (χ4v) is 4.27. The smallest absolute Gasteiger partial charge is 0.407 e. The van der Waals surface area contributed by atoms with Gasteiger partial charge < -0.3 is 29.7 Å². The Bertz CT molecular complexity index is 1180. The molecule has 12 heteroatoms. The molecule has 0 bridgehead atoms. The normalized spacial score (nSPS) is 23.7. The second-order valence-electron chi connectivity index (χ2n) is 9.30. The summed E-state index contributed by atoms with van der Waals surface area (Å²) in [6.45, 7) is 5.31. The van der Waals surface area contributed by atoms with Crippen LogP contribution in [0.5, 0.6) is 0 Å². The van der Waals surface area contributed by atoms with Crippen LogP contribution in [0.15, 0.2) is 24.5 Å². The van der Waals surface area contributed by atoms with Gasteiger partial charge in [0, 0.05) is 49.6 Å². The van der Waals surface area contributed by atoms with E-state index < -0.39 is 0 Å². The van der Waals surface area contributed by atoms with E-state index in [2.05, 4.69) is 30.7 Å². The SMILES string of the molecule is CC1(NC(=O)OC2COC(c3cc(Nc4nc(N5CCOCC5)cc5nccn45)n[nH]3)C2)CC1. The quantitative estimate of drug-likeness (QED) is 0.498. The number of aromatic amines is 1. The first-order valence-corrected chi connectivity index (χ1v) is 11.6. The Hall–Kier alpha value is -3.38. The van der Waals surface area contributed by atoms with Gasteiger partial charge in [-0.2, -0.15) is 10.1 Å². The van der Waals surface area contributed by atoms with E-state index in [0.717, 1.165) is 43.1 Å². The molecule has 2 atom stereocenters. The van der Waals surface area contributed by atoms with Crippen molar-refractivity contribution in [2.75, 3.05) is 43.1 Å². The van der Waals surface area contributed by atoms with Crippen LogP contribution in [0.4, 0.5) is 22.4 Å². The molecule has 3 aromatic rings. The molecule has 3 fully saturated rings. The maximum Gasteiger partial charge on any atom is 0.407 e. The maximum absolute atomic E-state index is 12.1. The summed E-state index contributed by atoms with van der Waals surface area (Å²) in [6, 6.07) is 3.86. The number of H-pyrrole nitrogens is 1. The van der Waals surface area contributed by atoms with Crippen LogP contribution in [0.2, 0.25) is 0 Å². The van der Waals surface area contributed by atoms with E-state index in [1.165, 1.54) is 0 Å². The zero-order valence-corrected chi connectivity index (χ0v) is 19.0. The summed E-state index contributed by atoms with van der Waals surface area (Å²) in [5.41, 5.74) is 1.51. The zero-order valence-electron chi connectivity index (χ0n) is 19.0. The number of anilines is 3. The van der Waals surface area contributed by atoms with E-state index in [-0.39, 0.29) is 23.8 Å². The van der Waals surface area contributed by atoms with Crippen molar-refractivity contribution < 1.29 is 19.0 Å². The molecular weight excluding hydrogens is 440 g/mol. The lowest BCUT2D eigenvalue weighted by molar-refractivity contribution is 0.0675. The Morgan fingerprint density at radius 1 is 1.29 bits per heavy atom. The Morgan fingerprint density at radius 3 is 2.97 bits per heavy atom. The number of hydrogen-bond acceptors (Lipinski definition) is 9. The lowest BCUT2D eigenvalue weighted by Crippen LogP contribution is -2.37. The van der Waals surface area contributed by atoms with Gasteiger partial charge in [0.1, 0.15) is 23.7 Å². The van der Waals surface area contributed by atoms with Crippen LogP contribution < -0.4 is 15.5 Å². The molecule has 6 rings (SSSR count). The van der Waals surface area contributed by atoms with Gasteiger partial charge in [-0.1, -0.05) is 0 Å². The van der Waals surface area contributed by atoms with Gasteiger partial charge in [-0.15, -0.1) is 0 Å². The molecule has 1 amide bonds. The number of alkyl carbamates (subject to hydrolysis) is 1. The Labute approximate surface area is 196 Å². The number of nitrogens with one attached hydrogen (secondary N) is 3. The van der Waals surface area contributed by atoms with Crippen molar-refractivity contribution in [3.8, 4) is 0 Å². The van der Waals surface area contributed by atoms with E-state index in [1.54, 1.807) is 6.20 Å². The monoisotopic (exact) mass is 468 g/mol. The van der Waals surface area contributed by atoms with Crippen molar-refractivity contribution in [2.45, 2.75) is 43.9 Å². The third kappa shape index (κ3) is 4.38. The molecule has 3 aliphatic rings. The first-order valence-electron chi connectivity index (χ1n) is 11.6. The minimum absolute atomic E-state index is 0.104.